The first kappa shape index (κ1) is 19.4. The molecule has 0 bridgehead atoms. The SMILES string of the molecule is CCOC(=O)c1cnc(CCc2ccccc2OCc2ccccc2)[nH]c1=O. The molecule has 0 spiro atoms. The molecule has 0 saturated carbocycles. The van der Waals surface area contributed by atoms with Crippen molar-refractivity contribution in [1.82, 2.24) is 9.97 Å². The van der Waals surface area contributed by atoms with Crippen LogP contribution in [0.3, 0.4) is 0 Å². The molecule has 3 aromatic rings. The second-order valence-electron chi connectivity index (χ2n) is 6.18. The molecule has 0 fully saturated rings. The van der Waals surface area contributed by atoms with Crippen molar-refractivity contribution in [3.63, 3.8) is 0 Å². The average Bonchev–Trinajstić information content (AvgIpc) is 2.72. The van der Waals surface area contributed by atoms with Crippen LogP contribution >= 0.6 is 0 Å². The molecule has 1 aromatic heterocycles. The highest BCUT2D eigenvalue weighted by Gasteiger charge is 2.13. The van der Waals surface area contributed by atoms with Crippen molar-refractivity contribution in [2.24, 2.45) is 0 Å². The summed E-state index contributed by atoms with van der Waals surface area (Å²) in [5.74, 6) is 0.648. The van der Waals surface area contributed by atoms with Crippen molar-refractivity contribution in [1.29, 1.82) is 0 Å². The van der Waals surface area contributed by atoms with E-state index in [1.165, 1.54) is 6.20 Å². The summed E-state index contributed by atoms with van der Waals surface area (Å²) in [6.45, 7) is 2.38. The number of aryl methyl sites for hydroxylation is 2. The van der Waals surface area contributed by atoms with Crippen LogP contribution < -0.4 is 10.3 Å². The Morgan fingerprint density at radius 2 is 1.79 bits per heavy atom. The van der Waals surface area contributed by atoms with Gasteiger partial charge in [0, 0.05) is 12.6 Å². The zero-order valence-corrected chi connectivity index (χ0v) is 15.7. The van der Waals surface area contributed by atoms with E-state index in [2.05, 4.69) is 9.97 Å². The Hall–Kier alpha value is -3.41. The van der Waals surface area contributed by atoms with Gasteiger partial charge in [-0.05, 0) is 30.5 Å². The number of carbonyl (C=O) groups is 1. The molecule has 0 aliphatic heterocycles. The van der Waals surface area contributed by atoms with Crippen molar-refractivity contribution in [2.75, 3.05) is 6.61 Å². The largest absolute Gasteiger partial charge is 0.489 e. The molecule has 3 rings (SSSR count). The fraction of sp³-hybridized carbons (Fsp3) is 0.227. The molecule has 2 aromatic carbocycles. The average molecular weight is 378 g/mol. The highest BCUT2D eigenvalue weighted by Crippen LogP contribution is 2.20. The summed E-state index contributed by atoms with van der Waals surface area (Å²) in [5.41, 5.74) is 1.54. The smallest absolute Gasteiger partial charge is 0.345 e. The first-order valence-electron chi connectivity index (χ1n) is 9.17. The Morgan fingerprint density at radius 1 is 1.04 bits per heavy atom. The molecule has 144 valence electrons. The minimum absolute atomic E-state index is 0.0859. The number of aromatic amines is 1. The Balaban J connectivity index is 1.65. The van der Waals surface area contributed by atoms with Crippen molar-refractivity contribution in [3.8, 4) is 5.75 Å². The summed E-state index contributed by atoms with van der Waals surface area (Å²) in [4.78, 5) is 30.6. The number of esters is 1. The van der Waals surface area contributed by atoms with Crippen LogP contribution in [-0.2, 0) is 24.2 Å². The maximum atomic E-state index is 12.1. The summed E-state index contributed by atoms with van der Waals surface area (Å²) in [6.07, 6.45) is 2.43. The van der Waals surface area contributed by atoms with Gasteiger partial charge in [-0.2, -0.15) is 0 Å². The first-order valence-corrected chi connectivity index (χ1v) is 9.17. The number of hydrogen-bond acceptors (Lipinski definition) is 5. The number of nitrogens with one attached hydrogen (secondary N) is 1. The van der Waals surface area contributed by atoms with E-state index in [0.29, 0.717) is 25.3 Å². The minimum atomic E-state index is -0.664. The zero-order valence-electron chi connectivity index (χ0n) is 15.7. The number of ether oxygens (including phenoxy) is 2. The highest BCUT2D eigenvalue weighted by molar-refractivity contribution is 5.88. The fourth-order valence-electron chi connectivity index (χ4n) is 2.75. The van der Waals surface area contributed by atoms with Crippen LogP contribution in [-0.4, -0.2) is 22.5 Å². The number of H-pyrrole nitrogens is 1. The number of rotatable bonds is 8. The van der Waals surface area contributed by atoms with E-state index >= 15 is 0 Å². The number of carbonyl (C=O) groups excluding carboxylic acids is 1. The number of aromatic nitrogens is 2. The summed E-state index contributed by atoms with van der Waals surface area (Å²) in [5, 5.41) is 0. The second-order valence-corrected chi connectivity index (χ2v) is 6.18. The first-order chi connectivity index (χ1) is 13.7. The molecule has 28 heavy (non-hydrogen) atoms. The lowest BCUT2D eigenvalue weighted by Crippen LogP contribution is -2.22. The van der Waals surface area contributed by atoms with E-state index in [1.54, 1.807) is 6.92 Å². The van der Waals surface area contributed by atoms with E-state index in [9.17, 15) is 9.59 Å². The molecule has 0 atom stereocenters. The van der Waals surface area contributed by atoms with Gasteiger partial charge in [0.2, 0.25) is 0 Å². The van der Waals surface area contributed by atoms with Crippen LogP contribution in [0, 0.1) is 0 Å². The fourth-order valence-corrected chi connectivity index (χ4v) is 2.75. The lowest BCUT2D eigenvalue weighted by Gasteiger charge is -2.11. The molecule has 1 heterocycles. The van der Waals surface area contributed by atoms with E-state index in [1.807, 2.05) is 54.6 Å². The van der Waals surface area contributed by atoms with Gasteiger partial charge in [0.1, 0.15) is 23.7 Å². The van der Waals surface area contributed by atoms with Gasteiger partial charge in [-0.1, -0.05) is 48.5 Å². The summed E-state index contributed by atoms with van der Waals surface area (Å²) in [7, 11) is 0. The zero-order chi connectivity index (χ0) is 19.8. The number of para-hydroxylation sites is 1. The van der Waals surface area contributed by atoms with Crippen LogP contribution in [0.1, 0.15) is 34.2 Å². The molecule has 6 heteroatoms. The van der Waals surface area contributed by atoms with E-state index in [4.69, 9.17) is 9.47 Å². The van der Waals surface area contributed by atoms with E-state index in [-0.39, 0.29) is 12.2 Å². The molecule has 0 radical (unpaired) electrons. The second kappa shape index (κ2) is 9.50. The van der Waals surface area contributed by atoms with Crippen molar-refractivity contribution < 1.29 is 14.3 Å². The van der Waals surface area contributed by atoms with Gasteiger partial charge >= 0.3 is 5.97 Å². The number of nitrogens with zero attached hydrogens (tertiary/aromatic N) is 1. The predicted molar refractivity (Wildman–Crippen MR) is 105 cm³/mol. The molecule has 0 unspecified atom stereocenters. The monoisotopic (exact) mass is 378 g/mol. The van der Waals surface area contributed by atoms with Gasteiger partial charge in [0.25, 0.3) is 5.56 Å². The Bertz CT molecular complexity index is 983. The molecule has 0 amide bonds. The number of benzene rings is 2. The molecular weight excluding hydrogens is 356 g/mol. The number of hydrogen-bond donors (Lipinski definition) is 1. The van der Waals surface area contributed by atoms with Crippen molar-refractivity contribution in [2.45, 2.75) is 26.4 Å². The van der Waals surface area contributed by atoms with Gasteiger partial charge in [0.05, 0.1) is 6.61 Å². The maximum Gasteiger partial charge on any atom is 0.345 e. The van der Waals surface area contributed by atoms with Gasteiger partial charge in [-0.25, -0.2) is 9.78 Å². The molecular formula is C22H22N2O4. The summed E-state index contributed by atoms with van der Waals surface area (Å²) in [6, 6.07) is 17.8. The third-order valence-electron chi connectivity index (χ3n) is 4.19. The van der Waals surface area contributed by atoms with Crippen LogP contribution in [0.4, 0.5) is 0 Å². The summed E-state index contributed by atoms with van der Waals surface area (Å²) < 4.78 is 10.8. The van der Waals surface area contributed by atoms with Crippen molar-refractivity contribution >= 4 is 5.97 Å². The highest BCUT2D eigenvalue weighted by atomic mass is 16.5. The van der Waals surface area contributed by atoms with E-state index < -0.39 is 11.5 Å². The maximum absolute atomic E-state index is 12.1. The third kappa shape index (κ3) is 5.07. The van der Waals surface area contributed by atoms with Crippen LogP contribution in [0.25, 0.3) is 0 Å². The minimum Gasteiger partial charge on any atom is -0.489 e. The van der Waals surface area contributed by atoms with E-state index in [0.717, 1.165) is 16.9 Å². The van der Waals surface area contributed by atoms with Crippen LogP contribution in [0.5, 0.6) is 5.75 Å². The summed E-state index contributed by atoms with van der Waals surface area (Å²) >= 11 is 0. The normalized spacial score (nSPS) is 10.5. The lowest BCUT2D eigenvalue weighted by atomic mass is 10.1. The van der Waals surface area contributed by atoms with Gasteiger partial charge in [-0.3, -0.25) is 4.79 Å². The molecule has 6 nitrogen and oxygen atoms in total. The Labute approximate surface area is 163 Å². The predicted octanol–water partition coefficient (Wildman–Crippen LogP) is 3.31. The molecule has 0 saturated heterocycles. The van der Waals surface area contributed by atoms with Gasteiger partial charge in [0.15, 0.2) is 0 Å². The quantitative estimate of drug-likeness (QED) is 0.608. The lowest BCUT2D eigenvalue weighted by molar-refractivity contribution is 0.0523. The van der Waals surface area contributed by atoms with Gasteiger partial charge in [-0.15, -0.1) is 0 Å². The van der Waals surface area contributed by atoms with Crippen molar-refractivity contribution in [3.05, 3.63) is 93.7 Å². The standard InChI is InChI=1S/C22H22N2O4/c1-2-27-22(26)18-14-23-20(24-21(18)25)13-12-17-10-6-7-11-19(17)28-15-16-8-4-3-5-9-16/h3-11,14H,2,12-13,15H2,1H3,(H,23,24,25). The van der Waals surface area contributed by atoms with Crippen LogP contribution in [0.15, 0.2) is 65.6 Å². The molecule has 1 N–H and O–H groups in total. The Morgan fingerprint density at radius 3 is 2.54 bits per heavy atom. The molecule has 0 aliphatic rings. The van der Waals surface area contributed by atoms with Gasteiger partial charge < -0.3 is 14.5 Å². The Kier molecular flexibility index (Phi) is 6.57. The third-order valence-corrected chi connectivity index (χ3v) is 4.19. The van der Waals surface area contributed by atoms with Crippen LogP contribution in [0.2, 0.25) is 0 Å². The molecule has 0 aliphatic carbocycles. The topological polar surface area (TPSA) is 81.3 Å².